The Morgan fingerprint density at radius 2 is 1.56 bits per heavy atom. The minimum absolute atomic E-state index is 0.822. The maximum absolute atomic E-state index is 6.47. The van der Waals surface area contributed by atoms with Crippen LogP contribution in [0.5, 0.6) is 0 Å². The van der Waals surface area contributed by atoms with Crippen LogP contribution in [0.25, 0.3) is 0 Å². The molecule has 0 aliphatic heterocycles. The lowest BCUT2D eigenvalue weighted by atomic mass is 10.3. The third kappa shape index (κ3) is 3.82. The third-order valence-corrected chi connectivity index (χ3v) is 0.800. The molecule has 3 N–H and O–H groups in total. The SMILES string of the molecule is Nc1ccccc1.OCl. The summed E-state index contributed by atoms with van der Waals surface area (Å²) >= 11 is 3.64. The van der Waals surface area contributed by atoms with E-state index in [0.29, 0.717) is 0 Å². The lowest BCUT2D eigenvalue weighted by Crippen LogP contribution is -1.79. The first-order valence-corrected chi connectivity index (χ1v) is 2.71. The Morgan fingerprint density at radius 3 is 1.78 bits per heavy atom. The van der Waals surface area contributed by atoms with Gasteiger partial charge in [0.1, 0.15) is 0 Å². The fraction of sp³-hybridized carbons (Fsp3) is 0. The maximum Gasteiger partial charge on any atom is 0.0579 e. The number of hydrogen-bond acceptors (Lipinski definition) is 2. The van der Waals surface area contributed by atoms with Gasteiger partial charge in [-0.05, 0) is 12.1 Å². The van der Waals surface area contributed by atoms with Crippen LogP contribution in [0, 0.1) is 0 Å². The minimum Gasteiger partial charge on any atom is -0.399 e. The lowest BCUT2D eigenvalue weighted by molar-refractivity contribution is 0.632. The summed E-state index contributed by atoms with van der Waals surface area (Å²) in [5.74, 6) is 0. The van der Waals surface area contributed by atoms with Gasteiger partial charge in [-0.1, -0.05) is 18.2 Å². The van der Waals surface area contributed by atoms with E-state index in [1.54, 1.807) is 0 Å². The monoisotopic (exact) mass is 145 g/mol. The highest BCUT2D eigenvalue weighted by molar-refractivity contribution is 6.04. The summed E-state index contributed by atoms with van der Waals surface area (Å²) in [4.78, 5) is 0. The van der Waals surface area contributed by atoms with Crippen molar-refractivity contribution in [2.45, 2.75) is 0 Å². The van der Waals surface area contributed by atoms with E-state index < -0.39 is 0 Å². The summed E-state index contributed by atoms with van der Waals surface area (Å²) in [6.45, 7) is 0. The van der Waals surface area contributed by atoms with Gasteiger partial charge in [-0.25, -0.2) is 0 Å². The van der Waals surface area contributed by atoms with Crippen LogP contribution < -0.4 is 5.73 Å². The minimum atomic E-state index is 0.822. The lowest BCUT2D eigenvalue weighted by Gasteiger charge is -1.83. The van der Waals surface area contributed by atoms with Crippen molar-refractivity contribution in [2.24, 2.45) is 0 Å². The van der Waals surface area contributed by atoms with E-state index >= 15 is 0 Å². The van der Waals surface area contributed by atoms with Gasteiger partial charge in [0, 0.05) is 5.69 Å². The molecule has 1 aromatic rings. The van der Waals surface area contributed by atoms with Crippen LogP contribution >= 0.6 is 11.9 Å². The van der Waals surface area contributed by atoms with Crippen molar-refractivity contribution in [1.82, 2.24) is 0 Å². The van der Waals surface area contributed by atoms with E-state index in [9.17, 15) is 0 Å². The molecule has 0 atom stereocenters. The molecular formula is C6H8ClNO. The van der Waals surface area contributed by atoms with Crippen LogP contribution in [-0.2, 0) is 0 Å². The van der Waals surface area contributed by atoms with Crippen molar-refractivity contribution in [2.75, 3.05) is 5.73 Å². The fourth-order valence-electron chi connectivity index (χ4n) is 0.453. The van der Waals surface area contributed by atoms with E-state index in [4.69, 9.17) is 10.4 Å². The van der Waals surface area contributed by atoms with Crippen LogP contribution in [0.15, 0.2) is 30.3 Å². The number of nitrogen functional groups attached to an aromatic ring is 1. The molecule has 2 nitrogen and oxygen atoms in total. The number of hydrogen-bond donors (Lipinski definition) is 2. The molecule has 0 unspecified atom stereocenters. The Balaban J connectivity index is 0.000000291. The molecule has 0 aliphatic carbocycles. The van der Waals surface area contributed by atoms with Crippen LogP contribution in [0.3, 0.4) is 0 Å². The second-order valence-corrected chi connectivity index (χ2v) is 1.41. The quantitative estimate of drug-likeness (QED) is 0.542. The fourth-order valence-corrected chi connectivity index (χ4v) is 0.453. The van der Waals surface area contributed by atoms with Crippen molar-refractivity contribution in [3.63, 3.8) is 0 Å². The summed E-state index contributed by atoms with van der Waals surface area (Å²) in [6.07, 6.45) is 0. The van der Waals surface area contributed by atoms with Crippen molar-refractivity contribution in [1.29, 1.82) is 0 Å². The molecule has 0 amide bonds. The Labute approximate surface area is 59.0 Å². The number of halogens is 1. The first-order valence-electron chi connectivity index (χ1n) is 2.37. The van der Waals surface area contributed by atoms with Crippen LogP contribution in [0.4, 0.5) is 5.69 Å². The average Bonchev–Trinajstić information content (AvgIpc) is 1.94. The van der Waals surface area contributed by atoms with Gasteiger partial charge in [0.25, 0.3) is 0 Å². The summed E-state index contributed by atoms with van der Waals surface area (Å²) in [6, 6.07) is 9.49. The van der Waals surface area contributed by atoms with Gasteiger partial charge in [0.15, 0.2) is 0 Å². The van der Waals surface area contributed by atoms with Gasteiger partial charge >= 0.3 is 0 Å². The number of anilines is 1. The van der Waals surface area contributed by atoms with Gasteiger partial charge in [0.05, 0.1) is 11.9 Å². The molecule has 9 heavy (non-hydrogen) atoms. The van der Waals surface area contributed by atoms with Crippen molar-refractivity contribution in [3.8, 4) is 0 Å². The Hall–Kier alpha value is -0.730. The van der Waals surface area contributed by atoms with Gasteiger partial charge in [-0.15, -0.1) is 0 Å². The summed E-state index contributed by atoms with van der Waals surface area (Å²) in [7, 11) is 0. The van der Waals surface area contributed by atoms with E-state index in [1.165, 1.54) is 0 Å². The zero-order valence-electron chi connectivity index (χ0n) is 4.79. The highest BCUT2D eigenvalue weighted by Gasteiger charge is 1.72. The predicted octanol–water partition coefficient (Wildman–Crippen LogP) is 1.40. The molecule has 3 heteroatoms. The molecule has 0 saturated heterocycles. The van der Waals surface area contributed by atoms with Crippen molar-refractivity contribution < 1.29 is 4.66 Å². The van der Waals surface area contributed by atoms with E-state index in [-0.39, 0.29) is 0 Å². The normalized spacial score (nSPS) is 7.33. The van der Waals surface area contributed by atoms with Crippen LogP contribution in [-0.4, -0.2) is 4.66 Å². The molecule has 0 aromatic heterocycles. The maximum atomic E-state index is 6.47. The number of para-hydroxylation sites is 1. The largest absolute Gasteiger partial charge is 0.399 e. The standard InChI is InChI=1S/C6H7N.ClHO/c7-6-4-2-1-3-5-6;1-2/h1-5H,7H2;2H. The zero-order valence-corrected chi connectivity index (χ0v) is 5.55. The van der Waals surface area contributed by atoms with Gasteiger partial charge < -0.3 is 5.73 Å². The molecule has 1 aromatic carbocycles. The van der Waals surface area contributed by atoms with Crippen LogP contribution in [0.2, 0.25) is 0 Å². The molecular weight excluding hydrogens is 138 g/mol. The molecule has 50 valence electrons. The van der Waals surface area contributed by atoms with E-state index in [2.05, 4.69) is 11.9 Å². The molecule has 0 saturated carbocycles. The molecule has 0 heterocycles. The molecule has 0 spiro atoms. The number of benzene rings is 1. The summed E-state index contributed by atoms with van der Waals surface area (Å²) < 4.78 is 6.47. The second kappa shape index (κ2) is 5.41. The second-order valence-electron chi connectivity index (χ2n) is 1.41. The number of rotatable bonds is 0. The third-order valence-electron chi connectivity index (χ3n) is 0.800. The molecule has 0 aliphatic rings. The van der Waals surface area contributed by atoms with Crippen molar-refractivity contribution >= 4 is 17.6 Å². The first kappa shape index (κ1) is 8.27. The smallest absolute Gasteiger partial charge is 0.0579 e. The van der Waals surface area contributed by atoms with E-state index in [1.807, 2.05) is 30.3 Å². The molecule has 1 rings (SSSR count). The molecule has 0 bridgehead atoms. The highest BCUT2D eigenvalue weighted by Crippen LogP contribution is 1.95. The van der Waals surface area contributed by atoms with Crippen LogP contribution in [0.1, 0.15) is 0 Å². The predicted molar refractivity (Wildman–Crippen MR) is 38.9 cm³/mol. The summed E-state index contributed by atoms with van der Waals surface area (Å²) in [5.41, 5.74) is 6.18. The Morgan fingerprint density at radius 1 is 1.11 bits per heavy atom. The van der Waals surface area contributed by atoms with E-state index in [0.717, 1.165) is 5.69 Å². The van der Waals surface area contributed by atoms with Gasteiger partial charge in [-0.3, -0.25) is 4.66 Å². The van der Waals surface area contributed by atoms with Gasteiger partial charge in [0.2, 0.25) is 0 Å². The Kier molecular flexibility index (Phi) is 4.97. The number of nitrogens with two attached hydrogens (primary N) is 1. The van der Waals surface area contributed by atoms with Crippen molar-refractivity contribution in [3.05, 3.63) is 30.3 Å². The van der Waals surface area contributed by atoms with Gasteiger partial charge in [-0.2, -0.15) is 0 Å². The topological polar surface area (TPSA) is 46.2 Å². The molecule has 0 fully saturated rings. The molecule has 0 radical (unpaired) electrons. The first-order chi connectivity index (χ1) is 4.39. The summed E-state index contributed by atoms with van der Waals surface area (Å²) in [5, 5.41) is 0. The average molecular weight is 146 g/mol. The zero-order chi connectivity index (χ0) is 7.11. The Bertz CT molecular complexity index is 143. The highest BCUT2D eigenvalue weighted by atomic mass is 35.5.